The Bertz CT molecular complexity index is 546. The zero-order valence-electron chi connectivity index (χ0n) is 10.9. The molecule has 0 spiro atoms. The lowest BCUT2D eigenvalue weighted by atomic mass is 10.2. The smallest absolute Gasteiger partial charge is 0.105 e. The highest BCUT2D eigenvalue weighted by Gasteiger charge is 2.10. The number of hydrogen-bond donors (Lipinski definition) is 3. The summed E-state index contributed by atoms with van der Waals surface area (Å²) in [6, 6.07) is 3.97. The van der Waals surface area contributed by atoms with E-state index in [0.29, 0.717) is 6.54 Å². The highest BCUT2D eigenvalue weighted by atomic mass is 79.9. The van der Waals surface area contributed by atoms with Crippen molar-refractivity contribution in [2.24, 2.45) is 5.73 Å². The lowest BCUT2D eigenvalue weighted by Crippen LogP contribution is -2.38. The largest absolute Gasteiger partial charge is 0.369 e. The Kier molecular flexibility index (Phi) is 5.07. The minimum absolute atomic E-state index is 0.189. The lowest BCUT2D eigenvalue weighted by Gasteiger charge is -2.20. The van der Waals surface area contributed by atoms with Crippen LogP contribution in [0.1, 0.15) is 13.3 Å². The predicted octanol–water partition coefficient (Wildman–Crippen LogP) is 2.09. The van der Waals surface area contributed by atoms with E-state index in [1.165, 1.54) is 0 Å². The maximum atomic E-state index is 5.51. The van der Waals surface area contributed by atoms with Crippen LogP contribution in [0.2, 0.25) is 0 Å². The zero-order valence-corrected chi connectivity index (χ0v) is 12.4. The summed E-state index contributed by atoms with van der Waals surface area (Å²) in [5.74, 6) is 0. The van der Waals surface area contributed by atoms with Crippen molar-refractivity contribution in [1.29, 1.82) is 0 Å². The van der Waals surface area contributed by atoms with Crippen molar-refractivity contribution in [3.8, 4) is 0 Å². The van der Waals surface area contributed by atoms with E-state index in [1.807, 2.05) is 12.1 Å². The van der Waals surface area contributed by atoms with Crippen LogP contribution in [0, 0.1) is 0 Å². The van der Waals surface area contributed by atoms with E-state index in [2.05, 4.69) is 43.5 Å². The van der Waals surface area contributed by atoms with Crippen LogP contribution in [0.4, 0.5) is 5.69 Å². The first-order chi connectivity index (χ1) is 9.26. The van der Waals surface area contributed by atoms with Crippen molar-refractivity contribution in [3.05, 3.63) is 29.0 Å². The molecule has 0 saturated heterocycles. The van der Waals surface area contributed by atoms with Gasteiger partial charge in [-0.15, -0.1) is 0 Å². The third-order valence-electron chi connectivity index (χ3n) is 2.85. The highest BCUT2D eigenvalue weighted by molar-refractivity contribution is 9.10. The molecule has 0 fully saturated rings. The molecule has 1 atom stereocenters. The quantitative estimate of drug-likeness (QED) is 0.710. The SMILES string of the molecule is CCC(NCCN)Nc1ccc2nccnc2c1Br. The van der Waals surface area contributed by atoms with Gasteiger partial charge in [0.1, 0.15) is 5.52 Å². The molecule has 4 N–H and O–H groups in total. The number of fused-ring (bicyclic) bond motifs is 1. The summed E-state index contributed by atoms with van der Waals surface area (Å²) in [5.41, 5.74) is 8.26. The number of halogens is 1. The van der Waals surface area contributed by atoms with E-state index < -0.39 is 0 Å². The Labute approximate surface area is 121 Å². The standard InChI is InChI=1S/C13H18BrN5/c1-2-11(17-6-5-15)19-9-3-4-10-13(12(9)14)18-8-7-16-10/h3-4,7-8,11,17,19H,2,5-6,15H2,1H3. The summed E-state index contributed by atoms with van der Waals surface area (Å²) < 4.78 is 0.936. The van der Waals surface area contributed by atoms with Gasteiger partial charge in [-0.25, -0.2) is 0 Å². The summed E-state index contributed by atoms with van der Waals surface area (Å²) in [6.07, 6.45) is 4.54. The molecule has 1 unspecified atom stereocenters. The summed E-state index contributed by atoms with van der Waals surface area (Å²) in [5, 5.41) is 6.79. The average Bonchev–Trinajstić information content (AvgIpc) is 2.46. The molecule has 0 bridgehead atoms. The Hall–Kier alpha value is -1.24. The molecule has 6 heteroatoms. The molecule has 2 aromatic rings. The van der Waals surface area contributed by atoms with Crippen LogP contribution in [-0.4, -0.2) is 29.2 Å². The van der Waals surface area contributed by atoms with Crippen LogP contribution >= 0.6 is 15.9 Å². The lowest BCUT2D eigenvalue weighted by molar-refractivity contribution is 0.553. The molecule has 102 valence electrons. The van der Waals surface area contributed by atoms with Crippen LogP contribution in [0.3, 0.4) is 0 Å². The molecule has 0 aliphatic carbocycles. The first-order valence-electron chi connectivity index (χ1n) is 6.35. The van der Waals surface area contributed by atoms with Crippen LogP contribution in [0.15, 0.2) is 29.0 Å². The molecule has 0 radical (unpaired) electrons. The number of nitrogens with two attached hydrogens (primary N) is 1. The first kappa shape index (κ1) is 14.2. The molecule has 2 rings (SSSR count). The summed E-state index contributed by atoms with van der Waals surface area (Å²) in [7, 11) is 0. The average molecular weight is 324 g/mol. The van der Waals surface area contributed by atoms with Gasteiger partial charge in [-0.2, -0.15) is 0 Å². The Morgan fingerprint density at radius 2 is 2.11 bits per heavy atom. The number of aromatic nitrogens is 2. The van der Waals surface area contributed by atoms with Crippen molar-refractivity contribution in [3.63, 3.8) is 0 Å². The van der Waals surface area contributed by atoms with E-state index in [1.54, 1.807) is 12.4 Å². The van der Waals surface area contributed by atoms with Gasteiger partial charge in [0.2, 0.25) is 0 Å². The molecule has 0 amide bonds. The molecule has 1 aromatic carbocycles. The summed E-state index contributed by atoms with van der Waals surface area (Å²) >= 11 is 3.59. The fraction of sp³-hybridized carbons (Fsp3) is 0.385. The van der Waals surface area contributed by atoms with Crippen molar-refractivity contribution in [2.45, 2.75) is 19.5 Å². The summed E-state index contributed by atoms with van der Waals surface area (Å²) in [6.45, 7) is 3.54. The van der Waals surface area contributed by atoms with Gasteiger partial charge in [0.15, 0.2) is 0 Å². The van der Waals surface area contributed by atoms with Gasteiger partial charge in [-0.05, 0) is 34.5 Å². The van der Waals surface area contributed by atoms with Gasteiger partial charge in [0, 0.05) is 25.5 Å². The third-order valence-corrected chi connectivity index (χ3v) is 3.65. The minimum Gasteiger partial charge on any atom is -0.369 e. The van der Waals surface area contributed by atoms with E-state index in [-0.39, 0.29) is 6.17 Å². The van der Waals surface area contributed by atoms with Crippen molar-refractivity contribution in [1.82, 2.24) is 15.3 Å². The molecule has 19 heavy (non-hydrogen) atoms. The van der Waals surface area contributed by atoms with Gasteiger partial charge in [0.05, 0.1) is 21.8 Å². The van der Waals surface area contributed by atoms with E-state index in [0.717, 1.165) is 34.2 Å². The van der Waals surface area contributed by atoms with Gasteiger partial charge in [0.25, 0.3) is 0 Å². The number of anilines is 1. The maximum absolute atomic E-state index is 5.51. The number of nitrogens with one attached hydrogen (secondary N) is 2. The molecular weight excluding hydrogens is 306 g/mol. The Morgan fingerprint density at radius 1 is 1.32 bits per heavy atom. The molecule has 0 aliphatic rings. The number of nitrogens with zero attached hydrogens (tertiary/aromatic N) is 2. The van der Waals surface area contributed by atoms with Crippen LogP contribution in [-0.2, 0) is 0 Å². The topological polar surface area (TPSA) is 75.9 Å². The zero-order chi connectivity index (χ0) is 13.7. The first-order valence-corrected chi connectivity index (χ1v) is 7.14. The minimum atomic E-state index is 0.189. The molecule has 1 heterocycles. The second-order valence-electron chi connectivity index (χ2n) is 4.20. The van der Waals surface area contributed by atoms with Crippen LogP contribution in [0.5, 0.6) is 0 Å². The molecular formula is C13H18BrN5. The number of benzene rings is 1. The molecule has 5 nitrogen and oxygen atoms in total. The fourth-order valence-electron chi connectivity index (χ4n) is 1.86. The highest BCUT2D eigenvalue weighted by Crippen LogP contribution is 2.29. The van der Waals surface area contributed by atoms with E-state index in [4.69, 9.17) is 5.73 Å². The Morgan fingerprint density at radius 3 is 2.84 bits per heavy atom. The fourth-order valence-corrected chi connectivity index (χ4v) is 2.41. The second-order valence-corrected chi connectivity index (χ2v) is 4.99. The number of hydrogen-bond acceptors (Lipinski definition) is 5. The second kappa shape index (κ2) is 6.79. The number of rotatable bonds is 6. The molecule has 0 aliphatic heterocycles. The van der Waals surface area contributed by atoms with Crippen molar-refractivity contribution < 1.29 is 0 Å². The monoisotopic (exact) mass is 323 g/mol. The molecule has 1 aromatic heterocycles. The van der Waals surface area contributed by atoms with Crippen LogP contribution < -0.4 is 16.4 Å². The molecule has 0 saturated carbocycles. The Balaban J connectivity index is 2.22. The van der Waals surface area contributed by atoms with Gasteiger partial charge < -0.3 is 11.1 Å². The predicted molar refractivity (Wildman–Crippen MR) is 82.0 cm³/mol. The van der Waals surface area contributed by atoms with E-state index in [9.17, 15) is 0 Å². The van der Waals surface area contributed by atoms with E-state index >= 15 is 0 Å². The third kappa shape index (κ3) is 3.40. The van der Waals surface area contributed by atoms with Crippen molar-refractivity contribution >= 4 is 32.7 Å². The van der Waals surface area contributed by atoms with Gasteiger partial charge >= 0.3 is 0 Å². The van der Waals surface area contributed by atoms with Crippen LogP contribution in [0.25, 0.3) is 11.0 Å². The maximum Gasteiger partial charge on any atom is 0.105 e. The summed E-state index contributed by atoms with van der Waals surface area (Å²) in [4.78, 5) is 8.63. The van der Waals surface area contributed by atoms with Crippen molar-refractivity contribution in [2.75, 3.05) is 18.4 Å². The normalized spacial score (nSPS) is 12.6. The van der Waals surface area contributed by atoms with Gasteiger partial charge in [-0.1, -0.05) is 6.92 Å². The van der Waals surface area contributed by atoms with Gasteiger partial charge in [-0.3, -0.25) is 15.3 Å².